The molecule has 0 atom stereocenters. The number of halogens is 1. The summed E-state index contributed by atoms with van der Waals surface area (Å²) in [4.78, 5) is 2.09. The van der Waals surface area contributed by atoms with Crippen LogP contribution in [0.15, 0.2) is 44.9 Å². The molecular weight excluding hydrogens is 286 g/mol. The lowest BCUT2D eigenvalue weighted by Crippen LogP contribution is -1.83. The topological polar surface area (TPSA) is 41.6 Å². The van der Waals surface area contributed by atoms with E-state index in [-0.39, 0.29) is 0 Å². The van der Waals surface area contributed by atoms with Gasteiger partial charge in [-0.3, -0.25) is 4.68 Å². The molecule has 0 aliphatic heterocycles. The normalized spacial score (nSPS) is 10.1. The molecule has 0 fully saturated rings. The van der Waals surface area contributed by atoms with Gasteiger partial charge in [0, 0.05) is 22.6 Å². The SMILES string of the molecule is Cn1cc(Sc2cc(Br)cc(C#N)c2)cn1. The third-order valence-corrected chi connectivity index (χ3v) is 3.29. The molecule has 16 heavy (non-hydrogen) atoms. The first-order chi connectivity index (χ1) is 7.67. The fourth-order valence-electron chi connectivity index (χ4n) is 1.27. The highest BCUT2D eigenvalue weighted by molar-refractivity contribution is 9.10. The van der Waals surface area contributed by atoms with Crippen molar-refractivity contribution in [3.63, 3.8) is 0 Å². The summed E-state index contributed by atoms with van der Waals surface area (Å²) in [7, 11) is 1.88. The standard InChI is InChI=1S/C11H8BrN3S/c1-15-7-11(6-14-15)16-10-3-8(5-13)2-9(12)4-10/h2-4,6-7H,1H3. The largest absolute Gasteiger partial charge is 0.275 e. The van der Waals surface area contributed by atoms with Crippen molar-refractivity contribution in [3.05, 3.63) is 40.6 Å². The molecular formula is C11H8BrN3S. The van der Waals surface area contributed by atoms with E-state index in [2.05, 4.69) is 27.1 Å². The lowest BCUT2D eigenvalue weighted by atomic mass is 10.2. The van der Waals surface area contributed by atoms with Gasteiger partial charge in [0.05, 0.1) is 22.7 Å². The summed E-state index contributed by atoms with van der Waals surface area (Å²) in [5.74, 6) is 0. The van der Waals surface area contributed by atoms with Crippen LogP contribution in [0.4, 0.5) is 0 Å². The average Bonchev–Trinajstić information content (AvgIpc) is 2.63. The van der Waals surface area contributed by atoms with Gasteiger partial charge in [0.1, 0.15) is 0 Å². The van der Waals surface area contributed by atoms with E-state index in [9.17, 15) is 0 Å². The van der Waals surface area contributed by atoms with Gasteiger partial charge < -0.3 is 0 Å². The first-order valence-electron chi connectivity index (χ1n) is 4.54. The Morgan fingerprint density at radius 1 is 1.38 bits per heavy atom. The van der Waals surface area contributed by atoms with Crippen molar-refractivity contribution in [3.8, 4) is 6.07 Å². The van der Waals surface area contributed by atoms with E-state index >= 15 is 0 Å². The van der Waals surface area contributed by atoms with Crippen LogP contribution in [0.2, 0.25) is 0 Å². The second-order valence-electron chi connectivity index (χ2n) is 3.24. The Hall–Kier alpha value is -1.25. The molecule has 5 heteroatoms. The molecule has 3 nitrogen and oxygen atoms in total. The van der Waals surface area contributed by atoms with Gasteiger partial charge in [0.2, 0.25) is 0 Å². The van der Waals surface area contributed by atoms with Crippen LogP contribution >= 0.6 is 27.7 Å². The zero-order valence-electron chi connectivity index (χ0n) is 8.51. The predicted octanol–water partition coefficient (Wildman–Crippen LogP) is 3.21. The fraction of sp³-hybridized carbons (Fsp3) is 0.0909. The van der Waals surface area contributed by atoms with Gasteiger partial charge in [0.25, 0.3) is 0 Å². The van der Waals surface area contributed by atoms with Crippen LogP contribution in [0, 0.1) is 11.3 Å². The van der Waals surface area contributed by atoms with Crippen LogP contribution < -0.4 is 0 Å². The average molecular weight is 294 g/mol. The fourth-order valence-corrected chi connectivity index (χ4v) is 2.87. The van der Waals surface area contributed by atoms with Crippen molar-refractivity contribution in [2.45, 2.75) is 9.79 Å². The first kappa shape index (κ1) is 11.2. The molecule has 0 radical (unpaired) electrons. The molecule has 1 aromatic carbocycles. The molecule has 0 amide bonds. The second kappa shape index (κ2) is 4.73. The van der Waals surface area contributed by atoms with E-state index < -0.39 is 0 Å². The molecule has 0 aliphatic carbocycles. The maximum absolute atomic E-state index is 8.86. The van der Waals surface area contributed by atoms with Gasteiger partial charge in [-0.15, -0.1) is 0 Å². The van der Waals surface area contributed by atoms with Crippen molar-refractivity contribution in [2.75, 3.05) is 0 Å². The van der Waals surface area contributed by atoms with Crippen molar-refractivity contribution >= 4 is 27.7 Å². The number of benzene rings is 1. The summed E-state index contributed by atoms with van der Waals surface area (Å²) < 4.78 is 2.67. The Kier molecular flexibility index (Phi) is 3.32. The minimum atomic E-state index is 0.653. The van der Waals surface area contributed by atoms with Crippen molar-refractivity contribution < 1.29 is 0 Å². The van der Waals surface area contributed by atoms with Gasteiger partial charge >= 0.3 is 0 Å². The molecule has 0 spiro atoms. The highest BCUT2D eigenvalue weighted by Gasteiger charge is 2.03. The zero-order chi connectivity index (χ0) is 11.5. The highest BCUT2D eigenvalue weighted by atomic mass is 79.9. The van der Waals surface area contributed by atoms with Crippen LogP contribution in [-0.4, -0.2) is 9.78 Å². The third-order valence-electron chi connectivity index (χ3n) is 1.92. The molecule has 0 bridgehead atoms. The molecule has 0 saturated carbocycles. The Balaban J connectivity index is 2.28. The predicted molar refractivity (Wildman–Crippen MR) is 66.2 cm³/mol. The Bertz CT molecular complexity index is 557. The molecule has 2 aromatic rings. The number of hydrogen-bond acceptors (Lipinski definition) is 3. The molecule has 80 valence electrons. The second-order valence-corrected chi connectivity index (χ2v) is 5.30. The van der Waals surface area contributed by atoms with Crippen molar-refractivity contribution in [1.29, 1.82) is 5.26 Å². The number of aryl methyl sites for hydroxylation is 1. The Labute approximate surface area is 106 Å². The first-order valence-corrected chi connectivity index (χ1v) is 6.15. The van der Waals surface area contributed by atoms with E-state index in [1.54, 1.807) is 28.7 Å². The number of nitrogens with zero attached hydrogens (tertiary/aromatic N) is 3. The summed E-state index contributed by atoms with van der Waals surface area (Å²) >= 11 is 4.97. The summed E-state index contributed by atoms with van der Waals surface area (Å²) in [5, 5.41) is 13.0. The Morgan fingerprint density at radius 2 is 2.19 bits per heavy atom. The van der Waals surface area contributed by atoms with E-state index in [4.69, 9.17) is 5.26 Å². The molecule has 0 unspecified atom stereocenters. The molecule has 1 aromatic heterocycles. The minimum absolute atomic E-state index is 0.653. The molecule has 2 rings (SSSR count). The van der Waals surface area contributed by atoms with Gasteiger partial charge in [-0.2, -0.15) is 10.4 Å². The quantitative estimate of drug-likeness (QED) is 0.854. The van der Waals surface area contributed by atoms with Gasteiger partial charge in [-0.1, -0.05) is 27.7 Å². The number of rotatable bonds is 2. The maximum Gasteiger partial charge on any atom is 0.0992 e. The monoisotopic (exact) mass is 293 g/mol. The summed E-state index contributed by atoms with van der Waals surface area (Å²) in [6, 6.07) is 7.78. The molecule has 0 N–H and O–H groups in total. The molecule has 0 aliphatic rings. The zero-order valence-corrected chi connectivity index (χ0v) is 10.9. The van der Waals surface area contributed by atoms with E-state index in [0.717, 1.165) is 14.3 Å². The van der Waals surface area contributed by atoms with Crippen molar-refractivity contribution in [2.24, 2.45) is 7.05 Å². The lowest BCUT2D eigenvalue weighted by molar-refractivity contribution is 0.766. The summed E-state index contributed by atoms with van der Waals surface area (Å²) in [6.07, 6.45) is 3.75. The lowest BCUT2D eigenvalue weighted by Gasteiger charge is -2.00. The van der Waals surface area contributed by atoms with Crippen LogP contribution in [0.25, 0.3) is 0 Å². The molecule has 0 saturated heterocycles. The van der Waals surface area contributed by atoms with Crippen molar-refractivity contribution in [1.82, 2.24) is 9.78 Å². The highest BCUT2D eigenvalue weighted by Crippen LogP contribution is 2.30. The maximum atomic E-state index is 8.86. The number of nitriles is 1. The summed E-state index contributed by atoms with van der Waals surface area (Å²) in [5.41, 5.74) is 0.653. The molecule has 1 heterocycles. The van der Waals surface area contributed by atoms with E-state index in [0.29, 0.717) is 5.56 Å². The van der Waals surface area contributed by atoms with Gasteiger partial charge in [0.15, 0.2) is 0 Å². The Morgan fingerprint density at radius 3 is 2.81 bits per heavy atom. The minimum Gasteiger partial charge on any atom is -0.275 e. The van der Waals surface area contributed by atoms with Crippen LogP contribution in [-0.2, 0) is 7.05 Å². The van der Waals surface area contributed by atoms with E-state index in [1.807, 2.05) is 25.4 Å². The van der Waals surface area contributed by atoms with Crippen LogP contribution in [0.1, 0.15) is 5.56 Å². The third kappa shape index (κ3) is 2.65. The van der Waals surface area contributed by atoms with Crippen LogP contribution in [0.5, 0.6) is 0 Å². The van der Waals surface area contributed by atoms with E-state index in [1.165, 1.54) is 0 Å². The summed E-state index contributed by atoms with van der Waals surface area (Å²) in [6.45, 7) is 0. The number of hydrogen-bond donors (Lipinski definition) is 0. The van der Waals surface area contributed by atoms with Gasteiger partial charge in [-0.05, 0) is 18.2 Å². The van der Waals surface area contributed by atoms with Crippen LogP contribution in [0.3, 0.4) is 0 Å². The number of aromatic nitrogens is 2. The van der Waals surface area contributed by atoms with Gasteiger partial charge in [-0.25, -0.2) is 0 Å². The smallest absolute Gasteiger partial charge is 0.0992 e.